The summed E-state index contributed by atoms with van der Waals surface area (Å²) in [6, 6.07) is 47.9. The van der Waals surface area contributed by atoms with Gasteiger partial charge in [-0.3, -0.25) is 0 Å². The van der Waals surface area contributed by atoms with Gasteiger partial charge in [-0.05, 0) is 65.1 Å². The maximum Gasteiger partial charge on any atom is 0.354 e. The Hall–Kier alpha value is -6.06. The van der Waals surface area contributed by atoms with Crippen LogP contribution in [0.2, 0.25) is 0 Å². The summed E-state index contributed by atoms with van der Waals surface area (Å²) in [5.74, 6) is -0.572. The van der Waals surface area contributed by atoms with Gasteiger partial charge in [0.2, 0.25) is 0 Å². The van der Waals surface area contributed by atoms with Gasteiger partial charge in [0, 0.05) is 23.4 Å². The van der Waals surface area contributed by atoms with Crippen LogP contribution in [0.25, 0.3) is 11.4 Å². The first kappa shape index (κ1) is 34.4. The molecule has 1 aliphatic heterocycles. The molecule has 1 aromatic heterocycles. The highest BCUT2D eigenvalue weighted by Gasteiger charge is 2.55. The van der Waals surface area contributed by atoms with Gasteiger partial charge >= 0.3 is 5.97 Å². The number of benzene rings is 5. The van der Waals surface area contributed by atoms with Crippen LogP contribution in [0.3, 0.4) is 0 Å². The molecule has 0 aliphatic carbocycles. The summed E-state index contributed by atoms with van der Waals surface area (Å²) in [6.45, 7) is 5.49. The molecule has 0 fully saturated rings. The molecule has 0 radical (unpaired) electrons. The standard InChI is InChI=1S/C43H42N6O3/c1-4-29-42(41(2,3)52)44-37(38(40(50)51)48(42)35-26-15-8-16-27-35)30-31-19-17-18-28-36(31)39-45-46-47-49(39)43(32-20-9-5-10-21-32,33-22-11-6-12-23-33)34-24-13-7-14-25-34/h5-28,44,52H,4,29-30H2,1-3H3,(H,50,51). The zero-order chi connectivity index (χ0) is 36.3. The van der Waals surface area contributed by atoms with Crippen molar-refractivity contribution in [3.8, 4) is 11.4 Å². The number of carbonyl (C=O) groups is 1. The fraction of sp³-hybridized carbons (Fsp3) is 0.209. The van der Waals surface area contributed by atoms with Crippen molar-refractivity contribution in [2.75, 3.05) is 4.90 Å². The molecule has 0 saturated heterocycles. The van der Waals surface area contributed by atoms with Gasteiger partial charge in [0.25, 0.3) is 0 Å². The van der Waals surface area contributed by atoms with Gasteiger partial charge in [-0.2, -0.15) is 0 Å². The molecule has 6 aromatic rings. The smallest absolute Gasteiger partial charge is 0.354 e. The summed E-state index contributed by atoms with van der Waals surface area (Å²) < 4.78 is 1.88. The fourth-order valence-corrected chi connectivity index (χ4v) is 7.81. The number of hydrogen-bond acceptors (Lipinski definition) is 7. The first-order valence-corrected chi connectivity index (χ1v) is 17.6. The number of nitrogens with one attached hydrogen (secondary N) is 1. The number of carboxylic acid groups (broad SMARTS) is 1. The quantitative estimate of drug-likeness (QED) is 0.114. The van der Waals surface area contributed by atoms with Crippen LogP contribution in [-0.4, -0.2) is 47.7 Å². The van der Waals surface area contributed by atoms with Crippen LogP contribution in [0.1, 0.15) is 55.9 Å². The Morgan fingerprint density at radius 2 is 1.25 bits per heavy atom. The maximum atomic E-state index is 13.3. The molecule has 0 saturated carbocycles. The predicted octanol–water partition coefficient (Wildman–Crippen LogP) is 7.40. The van der Waals surface area contributed by atoms with Crippen molar-refractivity contribution in [2.45, 2.75) is 56.8 Å². The van der Waals surface area contributed by atoms with Crippen LogP contribution in [0, 0.1) is 0 Å². The monoisotopic (exact) mass is 690 g/mol. The van der Waals surface area contributed by atoms with Crippen LogP contribution in [-0.2, 0) is 16.8 Å². The van der Waals surface area contributed by atoms with Gasteiger partial charge in [-0.25, -0.2) is 9.48 Å². The lowest BCUT2D eigenvalue weighted by Gasteiger charge is -2.48. The topological polar surface area (TPSA) is 116 Å². The number of nitrogens with zero attached hydrogens (tertiary/aromatic N) is 5. The molecule has 9 nitrogen and oxygen atoms in total. The first-order chi connectivity index (χ1) is 25.2. The highest BCUT2D eigenvalue weighted by Crippen LogP contribution is 2.45. The summed E-state index contributed by atoms with van der Waals surface area (Å²) in [5, 5.41) is 40.0. The normalized spacial score (nSPS) is 16.2. The minimum Gasteiger partial charge on any atom is -0.477 e. The number of carboxylic acids is 1. The van der Waals surface area contributed by atoms with Crippen molar-refractivity contribution in [3.63, 3.8) is 0 Å². The van der Waals surface area contributed by atoms with E-state index in [0.717, 1.165) is 27.8 Å². The third-order valence-electron chi connectivity index (χ3n) is 10.1. The molecule has 7 rings (SSSR count). The zero-order valence-electron chi connectivity index (χ0n) is 29.5. The second kappa shape index (κ2) is 13.9. The number of aliphatic carboxylic acids is 1. The molecular weight excluding hydrogens is 649 g/mol. The van der Waals surface area contributed by atoms with Crippen molar-refractivity contribution in [1.29, 1.82) is 0 Å². The average molecular weight is 691 g/mol. The van der Waals surface area contributed by atoms with E-state index in [1.807, 2.05) is 121 Å². The van der Waals surface area contributed by atoms with E-state index in [9.17, 15) is 15.0 Å². The largest absolute Gasteiger partial charge is 0.477 e. The molecule has 0 spiro atoms. The second-order valence-electron chi connectivity index (χ2n) is 13.7. The summed E-state index contributed by atoms with van der Waals surface area (Å²) in [5.41, 5.74) is 2.29. The lowest BCUT2D eigenvalue weighted by Crippen LogP contribution is -2.66. The molecule has 2 heterocycles. The third-order valence-corrected chi connectivity index (χ3v) is 10.1. The Morgan fingerprint density at radius 3 is 1.75 bits per heavy atom. The number of anilines is 1. The third kappa shape index (κ3) is 5.73. The minimum atomic E-state index is -1.34. The number of allylic oxidation sites excluding steroid dienone is 1. The van der Waals surface area contributed by atoms with Crippen LogP contribution in [0.15, 0.2) is 157 Å². The molecular formula is C43H42N6O3. The van der Waals surface area contributed by atoms with E-state index in [1.165, 1.54) is 0 Å². The van der Waals surface area contributed by atoms with Gasteiger partial charge in [0.1, 0.15) is 22.5 Å². The highest BCUT2D eigenvalue weighted by atomic mass is 16.4. The molecule has 1 unspecified atom stereocenters. The Balaban J connectivity index is 1.44. The van der Waals surface area contributed by atoms with Crippen LogP contribution in [0.5, 0.6) is 0 Å². The molecule has 5 aromatic carbocycles. The van der Waals surface area contributed by atoms with Gasteiger partial charge in [0.05, 0.1) is 0 Å². The number of hydrogen-bond donors (Lipinski definition) is 3. The molecule has 0 amide bonds. The Kier molecular flexibility index (Phi) is 9.21. The lowest BCUT2D eigenvalue weighted by molar-refractivity contribution is -0.133. The predicted molar refractivity (Wildman–Crippen MR) is 202 cm³/mol. The van der Waals surface area contributed by atoms with E-state index in [1.54, 1.807) is 18.7 Å². The zero-order valence-corrected chi connectivity index (χ0v) is 29.5. The van der Waals surface area contributed by atoms with Crippen molar-refractivity contribution in [1.82, 2.24) is 25.5 Å². The number of para-hydroxylation sites is 1. The minimum absolute atomic E-state index is 0.0865. The molecule has 52 heavy (non-hydrogen) atoms. The molecule has 262 valence electrons. The Labute approximate surface area is 303 Å². The summed E-state index contributed by atoms with van der Waals surface area (Å²) in [7, 11) is 0. The van der Waals surface area contributed by atoms with Crippen LogP contribution >= 0.6 is 0 Å². The first-order valence-electron chi connectivity index (χ1n) is 17.6. The van der Waals surface area contributed by atoms with Gasteiger partial charge in [0.15, 0.2) is 5.82 Å². The summed E-state index contributed by atoms with van der Waals surface area (Å²) in [4.78, 5) is 15.1. The molecule has 3 N–H and O–H groups in total. The number of rotatable bonds is 12. The van der Waals surface area contributed by atoms with Gasteiger partial charge in [-0.1, -0.05) is 147 Å². The molecule has 1 atom stereocenters. The van der Waals surface area contributed by atoms with E-state index < -0.39 is 22.8 Å². The molecule has 1 aliphatic rings. The van der Waals surface area contributed by atoms with Crippen molar-refractivity contribution in [3.05, 3.63) is 179 Å². The highest BCUT2D eigenvalue weighted by molar-refractivity contribution is 5.94. The summed E-state index contributed by atoms with van der Waals surface area (Å²) >= 11 is 0. The van der Waals surface area contributed by atoms with Crippen molar-refractivity contribution < 1.29 is 15.0 Å². The van der Waals surface area contributed by atoms with Crippen LogP contribution in [0.4, 0.5) is 5.69 Å². The lowest BCUT2D eigenvalue weighted by atomic mass is 9.77. The SMILES string of the molecule is CCCC1(C(C)(C)O)NC(Cc2ccccc2-c2nnnn2C(c2ccccc2)(c2ccccc2)c2ccccc2)=C(C(=O)O)N1c1ccccc1. The Bertz CT molecular complexity index is 2080. The maximum absolute atomic E-state index is 13.3. The number of aromatic nitrogens is 4. The van der Waals surface area contributed by atoms with E-state index in [2.05, 4.69) is 52.0 Å². The molecule has 0 bridgehead atoms. The van der Waals surface area contributed by atoms with E-state index >= 15 is 0 Å². The van der Waals surface area contributed by atoms with E-state index in [4.69, 9.17) is 5.21 Å². The average Bonchev–Trinajstić information content (AvgIpc) is 3.78. The van der Waals surface area contributed by atoms with E-state index in [0.29, 0.717) is 30.1 Å². The van der Waals surface area contributed by atoms with Crippen molar-refractivity contribution >= 4 is 11.7 Å². The molecule has 9 heteroatoms. The number of tetrazole rings is 1. The Morgan fingerprint density at radius 1 is 0.750 bits per heavy atom. The van der Waals surface area contributed by atoms with Gasteiger partial charge < -0.3 is 20.4 Å². The van der Waals surface area contributed by atoms with Gasteiger partial charge in [-0.15, -0.1) is 5.10 Å². The van der Waals surface area contributed by atoms with Crippen LogP contribution < -0.4 is 10.2 Å². The fourth-order valence-electron chi connectivity index (χ4n) is 7.81. The van der Waals surface area contributed by atoms with Crippen molar-refractivity contribution in [2.24, 2.45) is 0 Å². The second-order valence-corrected chi connectivity index (χ2v) is 13.7. The van der Waals surface area contributed by atoms with E-state index in [-0.39, 0.29) is 12.1 Å². The summed E-state index contributed by atoms with van der Waals surface area (Å²) in [6.07, 6.45) is 1.40. The number of aliphatic hydroxyl groups is 1.